The Morgan fingerprint density at radius 2 is 1.23 bits per heavy atom. The predicted octanol–water partition coefficient (Wildman–Crippen LogP) is 7.66. The summed E-state index contributed by atoms with van der Waals surface area (Å²) in [7, 11) is -4.76. The second-order valence-electron chi connectivity index (χ2n) is 15.8. The van der Waals surface area contributed by atoms with E-state index < -0.39 is 76.0 Å². The van der Waals surface area contributed by atoms with E-state index in [1.165, 1.54) is 57.8 Å². The van der Waals surface area contributed by atoms with Gasteiger partial charge in [0.2, 0.25) is 0 Å². The van der Waals surface area contributed by atoms with Crippen molar-refractivity contribution in [2.45, 2.75) is 205 Å². The molecule has 1 aliphatic carbocycles. The Hall–Kier alpha value is -1.90. The smallest absolute Gasteiger partial charge is 0.472 e. The fourth-order valence-corrected chi connectivity index (χ4v) is 7.88. The minimum Gasteiger partial charge on any atom is -0.480 e. The van der Waals surface area contributed by atoms with Crippen LogP contribution in [-0.4, -0.2) is 93.5 Å². The van der Waals surface area contributed by atoms with E-state index in [0.29, 0.717) is 32.1 Å². The maximum Gasteiger partial charge on any atom is 0.472 e. The Kier molecular flexibility index (Phi) is 30.7. The van der Waals surface area contributed by atoms with Crippen LogP contribution in [0.3, 0.4) is 0 Å². The fourth-order valence-electron chi connectivity index (χ4n) is 7.10. The van der Waals surface area contributed by atoms with Crippen molar-refractivity contribution in [3.63, 3.8) is 0 Å². The van der Waals surface area contributed by atoms with Gasteiger partial charge in [-0.1, -0.05) is 142 Å². The number of unbranched alkanes of at least 4 members (excludes halogenated alkanes) is 17. The summed E-state index contributed by atoms with van der Waals surface area (Å²) >= 11 is 0. The molecule has 0 aromatic rings. The summed E-state index contributed by atoms with van der Waals surface area (Å²) in [6, 6.07) is -1.55. The van der Waals surface area contributed by atoms with Crippen molar-refractivity contribution in [2.75, 3.05) is 19.8 Å². The van der Waals surface area contributed by atoms with Gasteiger partial charge in [-0.15, -0.1) is 0 Å². The van der Waals surface area contributed by atoms with E-state index in [0.717, 1.165) is 57.8 Å². The number of carboxylic acids is 1. The van der Waals surface area contributed by atoms with Crippen LogP contribution in [0.5, 0.6) is 0 Å². The highest BCUT2D eigenvalue weighted by atomic mass is 31.2. The molecular weight excluding hydrogens is 757 g/mol. The number of ether oxygens (including phenoxy) is 2. The molecule has 57 heavy (non-hydrogen) atoms. The van der Waals surface area contributed by atoms with Crippen molar-refractivity contribution in [1.29, 1.82) is 0 Å². The number of esters is 2. The monoisotopic (exact) mass is 836 g/mol. The Balaban J connectivity index is 2.47. The van der Waals surface area contributed by atoms with Gasteiger partial charge in [-0.2, -0.15) is 0 Å². The Morgan fingerprint density at radius 1 is 0.719 bits per heavy atom. The highest BCUT2D eigenvalue weighted by molar-refractivity contribution is 7.47. The number of carbonyl (C=O) groups excluding carboxylic acids is 2. The number of carbonyl (C=O) groups is 3. The highest BCUT2D eigenvalue weighted by Gasteiger charge is 2.39. The van der Waals surface area contributed by atoms with Crippen LogP contribution >= 0.6 is 7.82 Å². The molecule has 0 spiro atoms. The third-order valence-corrected chi connectivity index (χ3v) is 11.6. The van der Waals surface area contributed by atoms with Gasteiger partial charge in [0.15, 0.2) is 6.10 Å². The first kappa shape index (κ1) is 53.1. The summed E-state index contributed by atoms with van der Waals surface area (Å²) in [5.74, 6) is -2.86. The maximum absolute atomic E-state index is 12.6. The summed E-state index contributed by atoms with van der Waals surface area (Å²) in [5, 5.41) is 40.2. The van der Waals surface area contributed by atoms with E-state index in [4.69, 9.17) is 24.8 Å². The number of aliphatic hydroxyl groups excluding tert-OH is 3. The number of aliphatic carboxylic acids is 1. The van der Waals surface area contributed by atoms with Crippen LogP contribution in [0.15, 0.2) is 12.2 Å². The molecule has 1 rings (SSSR count). The molecule has 1 unspecified atom stereocenters. The highest BCUT2D eigenvalue weighted by Crippen LogP contribution is 2.43. The standard InChI is InChI=1S/C42H78NO13P/c1-3-5-7-8-9-10-11-12-13-14-15-16-22-26-41(48)56-34(31-54-57(51,52)55-32-37(43)42(49)50)30-53-40(47)25-21-18-17-20-24-35-36(39(46)29-38(35)45)28-27-33(44)23-19-6-4-2/h27-28,33-39,44-46H,3-26,29-32,43H2,1-2H3,(H,49,50)(H,51,52)/b28-27+/t33-,34+,35+,36+,37-,38-,39+/m0/s1. The van der Waals surface area contributed by atoms with Crippen LogP contribution in [-0.2, 0) is 37.5 Å². The Bertz CT molecular complexity index is 1140. The van der Waals surface area contributed by atoms with E-state index >= 15 is 0 Å². The number of phosphoric ester groups is 1. The lowest BCUT2D eigenvalue weighted by molar-refractivity contribution is -0.161. The molecule has 14 nitrogen and oxygen atoms in total. The van der Waals surface area contributed by atoms with Crippen molar-refractivity contribution < 1.29 is 62.8 Å². The van der Waals surface area contributed by atoms with Gasteiger partial charge in [-0.3, -0.25) is 23.4 Å². The van der Waals surface area contributed by atoms with E-state index in [9.17, 15) is 39.2 Å². The average Bonchev–Trinajstić information content (AvgIpc) is 3.44. The summed E-state index contributed by atoms with van der Waals surface area (Å²) in [6.45, 7) is 2.49. The van der Waals surface area contributed by atoms with Crippen molar-refractivity contribution in [3.05, 3.63) is 12.2 Å². The van der Waals surface area contributed by atoms with Crippen LogP contribution in [0.25, 0.3) is 0 Å². The molecule has 0 radical (unpaired) electrons. The lowest BCUT2D eigenvalue weighted by Crippen LogP contribution is -2.34. The van der Waals surface area contributed by atoms with Crippen molar-refractivity contribution >= 4 is 25.7 Å². The molecule has 1 saturated carbocycles. The minimum atomic E-state index is -4.76. The van der Waals surface area contributed by atoms with E-state index in [-0.39, 0.29) is 24.7 Å². The number of hydrogen-bond acceptors (Lipinski definition) is 12. The quantitative estimate of drug-likeness (QED) is 0.0153. The first-order valence-corrected chi connectivity index (χ1v) is 23.5. The normalized spacial score (nSPS) is 21.0. The number of nitrogens with two attached hydrogens (primary N) is 1. The summed E-state index contributed by atoms with van der Waals surface area (Å²) in [4.78, 5) is 46.1. The molecule has 0 heterocycles. The molecule has 1 aliphatic rings. The molecule has 334 valence electrons. The van der Waals surface area contributed by atoms with Crippen molar-refractivity contribution in [1.82, 2.24) is 0 Å². The molecule has 1 fully saturated rings. The Morgan fingerprint density at radius 3 is 1.81 bits per heavy atom. The zero-order valence-corrected chi connectivity index (χ0v) is 35.9. The molecule has 15 heteroatoms. The van der Waals surface area contributed by atoms with Gasteiger partial charge in [-0.05, 0) is 31.6 Å². The van der Waals surface area contributed by atoms with E-state index in [2.05, 4.69) is 18.4 Å². The van der Waals surface area contributed by atoms with Crippen LogP contribution in [0, 0.1) is 11.8 Å². The van der Waals surface area contributed by atoms with Gasteiger partial charge in [0.05, 0.1) is 31.5 Å². The lowest BCUT2D eigenvalue weighted by atomic mass is 9.88. The van der Waals surface area contributed by atoms with Crippen molar-refractivity contribution in [2.24, 2.45) is 17.6 Å². The molecular formula is C42H78NO13P. The van der Waals surface area contributed by atoms with Crippen LogP contribution < -0.4 is 5.73 Å². The van der Waals surface area contributed by atoms with Crippen LogP contribution in [0.2, 0.25) is 0 Å². The molecule has 0 bridgehead atoms. The van der Waals surface area contributed by atoms with Gasteiger partial charge in [0.25, 0.3) is 0 Å². The van der Waals surface area contributed by atoms with Gasteiger partial charge in [0, 0.05) is 25.2 Å². The first-order valence-electron chi connectivity index (χ1n) is 22.0. The van der Waals surface area contributed by atoms with E-state index in [1.54, 1.807) is 6.08 Å². The summed E-state index contributed by atoms with van der Waals surface area (Å²) in [6.07, 6.45) is 23.4. The number of aliphatic hydroxyl groups is 3. The van der Waals surface area contributed by atoms with Gasteiger partial charge in [0.1, 0.15) is 12.6 Å². The third-order valence-electron chi connectivity index (χ3n) is 10.6. The zero-order valence-electron chi connectivity index (χ0n) is 35.0. The number of rotatable bonds is 37. The summed E-state index contributed by atoms with van der Waals surface area (Å²) in [5.41, 5.74) is 5.33. The van der Waals surface area contributed by atoms with Gasteiger partial charge < -0.3 is 40.5 Å². The lowest BCUT2D eigenvalue weighted by Gasteiger charge is -2.21. The second kappa shape index (κ2) is 32.9. The molecule has 0 saturated heterocycles. The zero-order chi connectivity index (χ0) is 42.3. The van der Waals surface area contributed by atoms with Gasteiger partial charge >= 0.3 is 25.7 Å². The number of phosphoric acid groups is 1. The molecule has 8 atom stereocenters. The SMILES string of the molecule is CCCCCCCCCCCCCCCC(=O)O[C@H](COC(=O)CCCCCC[C@@H]1[C@@H](/C=C/[C@@H](O)CCCCC)[C@H](O)C[C@@H]1O)COP(=O)(O)OC[C@H](N)C(=O)O. The second-order valence-corrected chi connectivity index (χ2v) is 17.3. The molecule has 0 amide bonds. The largest absolute Gasteiger partial charge is 0.480 e. The number of hydrogen-bond donors (Lipinski definition) is 6. The minimum absolute atomic E-state index is 0.0984. The molecule has 0 aliphatic heterocycles. The fraction of sp³-hybridized carbons (Fsp3) is 0.881. The van der Waals surface area contributed by atoms with Crippen LogP contribution in [0.4, 0.5) is 0 Å². The topological polar surface area (TPSA) is 232 Å². The molecule has 0 aromatic carbocycles. The van der Waals surface area contributed by atoms with Gasteiger partial charge in [-0.25, -0.2) is 4.57 Å². The average molecular weight is 836 g/mol. The first-order chi connectivity index (χ1) is 27.3. The predicted molar refractivity (Wildman–Crippen MR) is 219 cm³/mol. The third kappa shape index (κ3) is 27.5. The molecule has 0 aromatic heterocycles. The summed E-state index contributed by atoms with van der Waals surface area (Å²) < 4.78 is 32.7. The van der Waals surface area contributed by atoms with Crippen LogP contribution in [0.1, 0.15) is 174 Å². The molecule has 7 N–H and O–H groups in total. The van der Waals surface area contributed by atoms with E-state index in [1.807, 2.05) is 6.08 Å². The number of carboxylic acid groups (broad SMARTS) is 1. The maximum atomic E-state index is 12.6. The Labute approximate surface area is 342 Å². The van der Waals surface area contributed by atoms with Crippen molar-refractivity contribution in [3.8, 4) is 0 Å².